The van der Waals surface area contributed by atoms with E-state index < -0.39 is 5.97 Å². The molecule has 0 atom stereocenters. The van der Waals surface area contributed by atoms with Gasteiger partial charge in [0, 0.05) is 24.2 Å². The third-order valence-corrected chi connectivity index (χ3v) is 5.03. The molecule has 1 aliphatic rings. The SMILES string of the molecule is COC(=O)c1ccc(N2CCCC2)c(NC(=O)c2ccc(-c3nc(C)no3)cc2)c1. The summed E-state index contributed by atoms with van der Waals surface area (Å²) in [6.07, 6.45) is 2.20. The van der Waals surface area contributed by atoms with Gasteiger partial charge in [0.05, 0.1) is 24.0 Å². The van der Waals surface area contributed by atoms with Gasteiger partial charge in [-0.25, -0.2) is 4.79 Å². The van der Waals surface area contributed by atoms with Crippen molar-refractivity contribution in [3.8, 4) is 11.5 Å². The molecule has 1 N–H and O–H groups in total. The Bertz CT molecular complexity index is 1070. The van der Waals surface area contributed by atoms with Crippen LogP contribution in [0.15, 0.2) is 47.0 Å². The average Bonchev–Trinajstić information content (AvgIpc) is 3.45. The Morgan fingerprint density at radius 2 is 1.77 bits per heavy atom. The summed E-state index contributed by atoms with van der Waals surface area (Å²) in [6.45, 7) is 3.58. The van der Waals surface area contributed by atoms with E-state index in [0.717, 1.165) is 37.2 Å². The number of amides is 1. The van der Waals surface area contributed by atoms with Crippen LogP contribution in [-0.4, -0.2) is 42.2 Å². The van der Waals surface area contributed by atoms with Crippen molar-refractivity contribution in [2.45, 2.75) is 19.8 Å². The van der Waals surface area contributed by atoms with Crippen LogP contribution in [0.2, 0.25) is 0 Å². The highest BCUT2D eigenvalue weighted by molar-refractivity contribution is 6.07. The maximum absolute atomic E-state index is 12.9. The molecule has 3 aromatic rings. The number of nitrogens with one attached hydrogen (secondary N) is 1. The van der Waals surface area contributed by atoms with E-state index in [0.29, 0.717) is 28.5 Å². The van der Waals surface area contributed by atoms with Gasteiger partial charge in [0.1, 0.15) is 0 Å². The molecule has 0 unspecified atom stereocenters. The standard InChI is InChI=1S/C22H22N4O4/c1-14-23-21(30-25-14)16-7-5-15(6-8-16)20(27)24-18-13-17(22(28)29-2)9-10-19(18)26-11-3-4-12-26/h5-10,13H,3-4,11-12H2,1-2H3,(H,24,27). The smallest absolute Gasteiger partial charge is 0.337 e. The highest BCUT2D eigenvalue weighted by Crippen LogP contribution is 2.31. The molecule has 1 aromatic heterocycles. The molecule has 2 heterocycles. The van der Waals surface area contributed by atoms with Crippen molar-refractivity contribution < 1.29 is 18.8 Å². The normalized spacial score (nSPS) is 13.3. The topological polar surface area (TPSA) is 97.6 Å². The van der Waals surface area contributed by atoms with Crippen molar-refractivity contribution in [3.63, 3.8) is 0 Å². The van der Waals surface area contributed by atoms with Crippen molar-refractivity contribution in [2.24, 2.45) is 0 Å². The van der Waals surface area contributed by atoms with E-state index in [-0.39, 0.29) is 5.91 Å². The maximum atomic E-state index is 12.9. The molecule has 8 heteroatoms. The molecule has 8 nitrogen and oxygen atoms in total. The van der Waals surface area contributed by atoms with Gasteiger partial charge >= 0.3 is 5.97 Å². The lowest BCUT2D eigenvalue weighted by Gasteiger charge is -2.22. The van der Waals surface area contributed by atoms with E-state index in [9.17, 15) is 9.59 Å². The quantitative estimate of drug-likeness (QED) is 0.646. The Hall–Kier alpha value is -3.68. The van der Waals surface area contributed by atoms with Crippen LogP contribution >= 0.6 is 0 Å². The third-order valence-electron chi connectivity index (χ3n) is 5.03. The number of benzene rings is 2. The summed E-state index contributed by atoms with van der Waals surface area (Å²) in [6, 6.07) is 12.1. The molecule has 0 spiro atoms. The van der Waals surface area contributed by atoms with E-state index >= 15 is 0 Å². The summed E-state index contributed by atoms with van der Waals surface area (Å²) in [5.41, 5.74) is 3.08. The summed E-state index contributed by atoms with van der Waals surface area (Å²) < 4.78 is 9.97. The van der Waals surface area contributed by atoms with Gasteiger partial charge in [0.2, 0.25) is 0 Å². The zero-order valence-corrected chi connectivity index (χ0v) is 16.8. The van der Waals surface area contributed by atoms with Crippen LogP contribution in [0.3, 0.4) is 0 Å². The molecule has 154 valence electrons. The zero-order valence-electron chi connectivity index (χ0n) is 16.8. The summed E-state index contributed by atoms with van der Waals surface area (Å²) in [5, 5.41) is 6.72. The summed E-state index contributed by atoms with van der Waals surface area (Å²) >= 11 is 0. The number of aromatic nitrogens is 2. The summed E-state index contributed by atoms with van der Waals surface area (Å²) in [4.78, 5) is 31.2. The number of methoxy groups -OCH3 is 1. The monoisotopic (exact) mass is 406 g/mol. The molecule has 1 amide bonds. The number of nitrogens with zero attached hydrogens (tertiary/aromatic N) is 3. The van der Waals surface area contributed by atoms with Crippen LogP contribution in [0.25, 0.3) is 11.5 Å². The van der Waals surface area contributed by atoms with Crippen molar-refractivity contribution >= 4 is 23.3 Å². The second-order valence-electron chi connectivity index (χ2n) is 7.10. The molecule has 0 aliphatic carbocycles. The van der Waals surface area contributed by atoms with Gasteiger partial charge in [0.25, 0.3) is 11.8 Å². The number of hydrogen-bond acceptors (Lipinski definition) is 7. The number of carbonyl (C=O) groups excluding carboxylic acids is 2. The van der Waals surface area contributed by atoms with E-state index in [4.69, 9.17) is 9.26 Å². The number of hydrogen-bond donors (Lipinski definition) is 1. The first kappa shape index (κ1) is 19.6. The van der Waals surface area contributed by atoms with Crippen molar-refractivity contribution in [1.82, 2.24) is 10.1 Å². The molecule has 4 rings (SSSR count). The Kier molecular flexibility index (Phi) is 5.47. The number of rotatable bonds is 5. The molecule has 1 saturated heterocycles. The van der Waals surface area contributed by atoms with E-state index in [1.54, 1.807) is 43.3 Å². The molecular formula is C22H22N4O4. The first-order chi connectivity index (χ1) is 14.5. The molecule has 1 fully saturated rings. The van der Waals surface area contributed by atoms with Crippen LogP contribution in [0.4, 0.5) is 11.4 Å². The van der Waals surface area contributed by atoms with Gasteiger partial charge in [-0.3, -0.25) is 4.79 Å². The fourth-order valence-corrected chi connectivity index (χ4v) is 3.49. The maximum Gasteiger partial charge on any atom is 0.337 e. The van der Waals surface area contributed by atoms with Gasteiger partial charge in [-0.05, 0) is 62.2 Å². The number of aryl methyl sites for hydroxylation is 1. The molecule has 0 radical (unpaired) electrons. The predicted octanol–water partition coefficient (Wildman–Crippen LogP) is 3.68. The van der Waals surface area contributed by atoms with Crippen LogP contribution in [0.1, 0.15) is 39.4 Å². The van der Waals surface area contributed by atoms with E-state index in [1.165, 1.54) is 7.11 Å². The average molecular weight is 406 g/mol. The lowest BCUT2D eigenvalue weighted by molar-refractivity contribution is 0.0600. The van der Waals surface area contributed by atoms with Crippen molar-refractivity contribution in [2.75, 3.05) is 30.4 Å². The first-order valence-corrected chi connectivity index (χ1v) is 9.74. The second-order valence-corrected chi connectivity index (χ2v) is 7.10. The van der Waals surface area contributed by atoms with Crippen LogP contribution < -0.4 is 10.2 Å². The van der Waals surface area contributed by atoms with E-state index in [1.807, 2.05) is 6.07 Å². The minimum Gasteiger partial charge on any atom is -0.465 e. The number of carbonyl (C=O) groups is 2. The van der Waals surface area contributed by atoms with Gasteiger partial charge < -0.3 is 19.5 Å². The summed E-state index contributed by atoms with van der Waals surface area (Å²) in [5.74, 6) is 0.233. The second kappa shape index (κ2) is 8.36. The Balaban J connectivity index is 1.58. The lowest BCUT2D eigenvalue weighted by atomic mass is 10.1. The first-order valence-electron chi connectivity index (χ1n) is 9.74. The highest BCUT2D eigenvalue weighted by Gasteiger charge is 2.20. The van der Waals surface area contributed by atoms with Crippen LogP contribution in [0, 0.1) is 6.92 Å². The minimum atomic E-state index is -0.447. The van der Waals surface area contributed by atoms with Gasteiger partial charge in [0.15, 0.2) is 5.82 Å². The molecule has 0 bridgehead atoms. The summed E-state index contributed by atoms with van der Waals surface area (Å²) in [7, 11) is 1.33. The van der Waals surface area contributed by atoms with Crippen LogP contribution in [-0.2, 0) is 4.74 Å². The minimum absolute atomic E-state index is 0.272. The molecule has 30 heavy (non-hydrogen) atoms. The Morgan fingerprint density at radius 3 is 2.40 bits per heavy atom. The van der Waals surface area contributed by atoms with Crippen molar-refractivity contribution in [1.29, 1.82) is 0 Å². The van der Waals surface area contributed by atoms with Gasteiger partial charge in [-0.1, -0.05) is 5.16 Å². The van der Waals surface area contributed by atoms with Gasteiger partial charge in [-0.15, -0.1) is 0 Å². The predicted molar refractivity (Wildman–Crippen MR) is 112 cm³/mol. The zero-order chi connectivity index (χ0) is 21.1. The molecule has 1 aliphatic heterocycles. The number of ether oxygens (including phenoxy) is 1. The van der Waals surface area contributed by atoms with Crippen molar-refractivity contribution in [3.05, 3.63) is 59.4 Å². The fraction of sp³-hybridized carbons (Fsp3) is 0.273. The Morgan fingerprint density at radius 1 is 1.07 bits per heavy atom. The third kappa shape index (κ3) is 4.03. The highest BCUT2D eigenvalue weighted by atomic mass is 16.5. The lowest BCUT2D eigenvalue weighted by Crippen LogP contribution is -2.21. The molecular weight excluding hydrogens is 384 g/mol. The van der Waals surface area contributed by atoms with E-state index in [2.05, 4.69) is 20.4 Å². The largest absolute Gasteiger partial charge is 0.465 e. The molecule has 2 aromatic carbocycles. The Labute approximate surface area is 173 Å². The molecule has 0 saturated carbocycles. The number of anilines is 2. The number of esters is 1. The fourth-order valence-electron chi connectivity index (χ4n) is 3.49. The van der Waals surface area contributed by atoms with Gasteiger partial charge in [-0.2, -0.15) is 4.98 Å². The van der Waals surface area contributed by atoms with Crippen LogP contribution in [0.5, 0.6) is 0 Å².